The highest BCUT2D eigenvalue weighted by molar-refractivity contribution is 7.11. The van der Waals surface area contributed by atoms with Gasteiger partial charge in [0.15, 0.2) is 22.5 Å². The third-order valence-corrected chi connectivity index (χ3v) is 12.4. The number of carbonyl (C=O) groups excluding carboxylic acids is 3. The number of allylic oxidation sites excluding steroid dienone is 1. The zero-order valence-corrected chi connectivity index (χ0v) is 29.2. The molecule has 6 saturated carbocycles. The lowest BCUT2D eigenvalue weighted by Gasteiger charge is -3.10. The van der Waals surface area contributed by atoms with Crippen molar-refractivity contribution < 1.29 is 37.4 Å². The zero-order valence-electron chi connectivity index (χ0n) is 27.6. The van der Waals surface area contributed by atoms with E-state index in [1.54, 1.807) is 32.3 Å². The van der Waals surface area contributed by atoms with Gasteiger partial charge in [-0.05, 0) is 89.5 Å². The second-order valence-corrected chi connectivity index (χ2v) is 17.0. The fourth-order valence-electron chi connectivity index (χ4n) is 10.2. The Morgan fingerprint density at radius 1 is 0.979 bits per heavy atom. The summed E-state index contributed by atoms with van der Waals surface area (Å²) >= 11 is 7.77. The van der Waals surface area contributed by atoms with Crippen molar-refractivity contribution in [3.63, 3.8) is 0 Å². The van der Waals surface area contributed by atoms with Crippen LogP contribution in [0.5, 0.6) is 0 Å². The first-order chi connectivity index (χ1) is 22.5. The summed E-state index contributed by atoms with van der Waals surface area (Å²) in [7, 11) is 0. The zero-order chi connectivity index (χ0) is 34.5. The molecule has 1 amide bonds. The van der Waals surface area contributed by atoms with Gasteiger partial charge in [0, 0.05) is 22.6 Å². The van der Waals surface area contributed by atoms with Crippen LogP contribution in [-0.4, -0.2) is 51.6 Å². The molecule has 1 atom stereocenters. The molecular weight excluding hydrogens is 664 g/mol. The van der Waals surface area contributed by atoms with Crippen LogP contribution < -0.4 is 0 Å². The number of hydrogen-bond acceptors (Lipinski definition) is 9. The highest BCUT2D eigenvalue weighted by atomic mass is 35.5. The van der Waals surface area contributed by atoms with E-state index in [1.807, 2.05) is 27.7 Å². The summed E-state index contributed by atoms with van der Waals surface area (Å²) in [6.45, 7) is 12.6. The molecule has 2 aromatic rings. The Morgan fingerprint density at radius 3 is 2.15 bits per heavy atom. The van der Waals surface area contributed by atoms with E-state index < -0.39 is 56.8 Å². The molecule has 254 valence electrons. The molecule has 0 unspecified atom stereocenters. The smallest absolute Gasteiger partial charge is 0.416 e. The summed E-state index contributed by atoms with van der Waals surface area (Å²) in [5.74, 6) is -2.66. The van der Waals surface area contributed by atoms with Crippen LogP contribution in [0.2, 0.25) is 5.02 Å². The Hall–Kier alpha value is -3.38. The lowest BCUT2D eigenvalue weighted by molar-refractivity contribution is -0.633. The Labute approximate surface area is 285 Å². The van der Waals surface area contributed by atoms with Crippen LogP contribution in [0.3, 0.4) is 0 Å². The Kier molecular flexibility index (Phi) is 6.55. The van der Waals surface area contributed by atoms with Gasteiger partial charge in [-0.3, -0.25) is 4.79 Å². The minimum absolute atomic E-state index is 0.0199. The van der Waals surface area contributed by atoms with Crippen molar-refractivity contribution in [3.8, 4) is 0 Å². The third-order valence-electron chi connectivity index (χ3n) is 11.3. The number of carbonyl (C=O) groups is 3. The fourth-order valence-corrected chi connectivity index (χ4v) is 11.1. The van der Waals surface area contributed by atoms with E-state index in [0.717, 1.165) is 11.0 Å². The normalized spacial score (nSPS) is 34.8. The van der Waals surface area contributed by atoms with Crippen LogP contribution >= 0.6 is 22.9 Å². The number of aliphatic imine (C=N–C) groups is 1. The predicted octanol–water partition coefficient (Wildman–Crippen LogP) is 7.10. The maximum Gasteiger partial charge on any atom is 0.416 e. The molecule has 13 heteroatoms. The van der Waals surface area contributed by atoms with Crippen molar-refractivity contribution in [1.29, 1.82) is 0 Å². The van der Waals surface area contributed by atoms with Crippen molar-refractivity contribution in [1.82, 2.24) is 9.88 Å². The maximum atomic E-state index is 15.2. The van der Waals surface area contributed by atoms with Gasteiger partial charge in [0.2, 0.25) is 0 Å². The Balaban J connectivity index is 1.32. The number of ether oxygens (including phenoxy) is 3. The second kappa shape index (κ2) is 9.87. The topological polar surface area (TPSA) is 107 Å². The van der Waals surface area contributed by atoms with Crippen LogP contribution in [0.15, 0.2) is 40.0 Å². The molecule has 9 rings (SSSR count). The summed E-state index contributed by atoms with van der Waals surface area (Å²) in [6, 6.07) is 0.816. The van der Waals surface area contributed by atoms with Crippen molar-refractivity contribution in [2.75, 3.05) is 6.61 Å². The van der Waals surface area contributed by atoms with E-state index in [0.29, 0.717) is 17.1 Å². The Bertz CT molecular complexity index is 1810. The number of rotatable bonds is 7. The van der Waals surface area contributed by atoms with Gasteiger partial charge in [0.05, 0.1) is 28.3 Å². The van der Waals surface area contributed by atoms with Gasteiger partial charge in [-0.2, -0.15) is 0 Å². The molecule has 1 aromatic carbocycles. The van der Waals surface area contributed by atoms with Crippen LogP contribution in [-0.2, 0) is 23.8 Å². The number of benzene rings is 1. The summed E-state index contributed by atoms with van der Waals surface area (Å²) in [4.78, 5) is 52.8. The summed E-state index contributed by atoms with van der Waals surface area (Å²) in [5, 5.41) is 1.52. The number of hydrogen-bond donors (Lipinski definition) is 0. The molecule has 1 aliphatic heterocycles. The molecule has 1 aromatic heterocycles. The number of aromatic nitrogens is 1. The largest absolute Gasteiger partial charge is 0.462 e. The minimum Gasteiger partial charge on any atom is -0.462 e. The van der Waals surface area contributed by atoms with Crippen molar-refractivity contribution >= 4 is 46.8 Å². The van der Waals surface area contributed by atoms with Crippen LogP contribution in [0, 0.1) is 58.0 Å². The molecule has 0 spiro atoms. The molecule has 6 aliphatic carbocycles. The second-order valence-electron chi connectivity index (χ2n) is 15.7. The summed E-state index contributed by atoms with van der Waals surface area (Å²) < 4.78 is 47.2. The fraction of sp³-hybridized carbons (Fsp3) is 0.571. The highest BCUT2D eigenvalue weighted by Crippen LogP contribution is 3.11. The number of halogens is 3. The third kappa shape index (κ3) is 3.63. The first-order valence-corrected chi connectivity index (χ1v) is 17.6. The minimum atomic E-state index is -1.38. The van der Waals surface area contributed by atoms with E-state index in [-0.39, 0.29) is 65.1 Å². The molecular formula is C35H36ClF2N3O6S. The molecule has 48 heavy (non-hydrogen) atoms. The molecule has 7 aliphatic rings. The van der Waals surface area contributed by atoms with Crippen LogP contribution in [0.4, 0.5) is 13.6 Å². The lowest BCUT2D eigenvalue weighted by atomic mass is 8.92. The molecule has 2 heterocycles. The van der Waals surface area contributed by atoms with Crippen LogP contribution in [0.1, 0.15) is 71.5 Å². The number of esters is 2. The van der Waals surface area contributed by atoms with Gasteiger partial charge in [-0.1, -0.05) is 24.6 Å². The van der Waals surface area contributed by atoms with Gasteiger partial charge in [-0.15, -0.1) is 11.3 Å². The first-order valence-electron chi connectivity index (χ1n) is 16.3. The van der Waals surface area contributed by atoms with E-state index in [1.165, 1.54) is 17.4 Å². The van der Waals surface area contributed by atoms with Crippen molar-refractivity contribution in [2.45, 2.75) is 72.1 Å². The number of amides is 1. The van der Waals surface area contributed by atoms with Gasteiger partial charge in [0.1, 0.15) is 17.2 Å². The molecule has 0 radical (unpaired) electrons. The van der Waals surface area contributed by atoms with Crippen molar-refractivity contribution in [2.24, 2.45) is 51.3 Å². The van der Waals surface area contributed by atoms with E-state index >= 15 is 4.39 Å². The predicted molar refractivity (Wildman–Crippen MR) is 171 cm³/mol. The number of thiazole rings is 1. The first kappa shape index (κ1) is 31.9. The van der Waals surface area contributed by atoms with Gasteiger partial charge in [0.25, 0.3) is 0 Å². The number of nitrogens with zero attached hydrogens (tertiary/aromatic N) is 3. The van der Waals surface area contributed by atoms with E-state index in [4.69, 9.17) is 30.8 Å². The molecule has 0 N–H and O–H groups in total. The molecule has 0 bridgehead atoms. The van der Waals surface area contributed by atoms with Gasteiger partial charge < -0.3 is 14.2 Å². The van der Waals surface area contributed by atoms with Gasteiger partial charge >= 0.3 is 18.0 Å². The average molecular weight is 700 g/mol. The molecule has 6 fully saturated rings. The molecule has 0 saturated heterocycles. The molecule has 9 nitrogen and oxygen atoms in total. The maximum absolute atomic E-state index is 15.2. The highest BCUT2D eigenvalue weighted by Gasteiger charge is 3.12. The van der Waals surface area contributed by atoms with Crippen LogP contribution in [0.25, 0.3) is 0 Å². The summed E-state index contributed by atoms with van der Waals surface area (Å²) in [5.41, 5.74) is -2.13. The SMILES string of the molecule is CCCOC(=O)C1=C(C23C4C5C2C2C3C4C52C(=O)OC(C)(C)C)N=C(c2nccs2)N(C(=O)OC(C)(C)C)[C@@H]1c1ccc(F)c(F)c1Cl. The monoisotopic (exact) mass is 699 g/mol. The Morgan fingerprint density at radius 2 is 1.60 bits per heavy atom. The average Bonchev–Trinajstić information content (AvgIpc) is 3.55. The van der Waals surface area contributed by atoms with E-state index in [9.17, 15) is 18.8 Å². The van der Waals surface area contributed by atoms with E-state index in [2.05, 4.69) is 4.98 Å². The van der Waals surface area contributed by atoms with Gasteiger partial charge in [-0.25, -0.2) is 33.2 Å². The lowest BCUT2D eigenvalue weighted by Crippen LogP contribution is -3.11. The van der Waals surface area contributed by atoms with Crippen molar-refractivity contribution in [3.05, 3.63) is 62.2 Å². The summed E-state index contributed by atoms with van der Waals surface area (Å²) in [6.07, 6.45) is 1.22. The number of amidine groups is 1. The standard InChI is InChI=1S/C35H36ClF2N3O6S/c1-8-12-45-29(42)16-25(14-9-10-15(37)24(38)23(14)36)41(31(44)47-33(5,6)7)27(28-39-11-13-48-28)40-26(16)34-17-20-18(34)22-19(34)21(17)35(20,22)30(43)46-32(2,3)4/h9-11,13,17-22,25H,8,12H2,1-7H3/t17?,18?,19?,20?,21?,22?,25-,34?,35?/m1/s1. The quantitative estimate of drug-likeness (QED) is 0.172.